The molecular weight excluding hydrogens is 1610 g/mol. The van der Waals surface area contributed by atoms with Gasteiger partial charge in [-0.1, -0.05) is 166 Å². The van der Waals surface area contributed by atoms with E-state index in [1.807, 2.05) is 131 Å². The number of aliphatic carboxylic acids is 2. The summed E-state index contributed by atoms with van der Waals surface area (Å²) in [6, 6.07) is 43.8. The van der Waals surface area contributed by atoms with E-state index in [0.29, 0.717) is 80.6 Å². The summed E-state index contributed by atoms with van der Waals surface area (Å²) in [6.45, 7) is 16.4. The largest absolute Gasteiger partial charge is 0.481 e. The zero-order chi connectivity index (χ0) is 77.3. The summed E-state index contributed by atoms with van der Waals surface area (Å²) in [5.41, 5.74) is 5.53. The summed E-state index contributed by atoms with van der Waals surface area (Å²) in [7, 11) is -3.10. The summed E-state index contributed by atoms with van der Waals surface area (Å²) < 4.78 is 27.2. The van der Waals surface area contributed by atoms with Crippen molar-refractivity contribution >= 4 is 156 Å². The predicted molar refractivity (Wildman–Crippen MR) is 428 cm³/mol. The van der Waals surface area contributed by atoms with Gasteiger partial charge in [0.25, 0.3) is 0 Å². The molecule has 6 atom stereocenters. The third-order valence-corrected chi connectivity index (χ3v) is 19.7. The van der Waals surface area contributed by atoms with E-state index in [1.54, 1.807) is 62.4 Å². The molecule has 6 aromatic rings. The SMILES string of the molecule is CC(=O)C(CNC(=O)Nc1ccc(C)cc1)CC(C)C.CC(C)CC(CCNC(=O)Nc1ccc(Br)cc1)S(C)(=O)=O.CCCC(CNC(=O)Nc1ccc(Br)cc1)C(C)=O.O=C(NCC(Cc1ccccc1)C(=O)O)Nc1ccc(Br)cc1.O=C(Nc1ccc(Br)cc1)NC1CCCCC1C(=O)O. The first kappa shape index (κ1) is 90.0. The predicted octanol–water partition coefficient (Wildman–Crippen LogP) is 17.1. The maximum Gasteiger partial charge on any atom is 0.319 e. The summed E-state index contributed by atoms with van der Waals surface area (Å²) in [5.74, 6) is -2.16. The normalized spacial score (nSPS) is 14.0. The second kappa shape index (κ2) is 48.8. The van der Waals surface area contributed by atoms with Gasteiger partial charge in [0, 0.05) is 96.6 Å². The standard InChI is InChI=1S/C17H17BrN2O3.C16H24N2O2.C15H23BrN2O3S.C14H17BrN2O3.C14H19BrN2O2/c18-14-6-8-15(9-7-14)20-17(23)19-11-13(16(21)22)10-12-4-2-1-3-5-12;1-11(2)9-14(13(4)19)10-17-16(20)18-15-7-5-12(3)6-8-15;1-11(2)10-14(22(3,20)21)8-9-17-15(19)18-13-6-4-12(16)5-7-13;15-9-5-7-10(8-6-9)16-14(20)17-12-4-2-1-3-11(12)13(18)19;1-3-4-11(10(2)18)9-16-14(19)17-13-7-5-12(15)6-8-13/h1-9,13H,10-11H2,(H,21,22)(H2,19,20,23);5-8,11,14H,9-10H2,1-4H3,(H2,17,18,20);4-7,11,14H,8-10H2,1-3H3,(H2,17,18,19);5-8,11-12H,1-4H2,(H,18,19)(H2,16,17,20);5-8,11H,3-4,9H2,1-2H3,(H2,16,17,19). The molecule has 1 aliphatic rings. The number of carboxylic acids is 2. The van der Waals surface area contributed by atoms with Crippen LogP contribution in [0.3, 0.4) is 0 Å². The number of rotatable bonds is 28. The molecule has 1 saturated carbocycles. The summed E-state index contributed by atoms with van der Waals surface area (Å²) in [4.78, 5) is 104. The molecule has 0 aliphatic heterocycles. The molecule has 6 unspecified atom stereocenters. The number of amides is 10. The number of Topliss-reactive ketones (excluding diaryl/α,β-unsaturated/α-hetero) is 2. The zero-order valence-electron chi connectivity index (χ0n) is 60.3. The van der Waals surface area contributed by atoms with E-state index in [1.165, 1.54) is 6.26 Å². The van der Waals surface area contributed by atoms with Crippen molar-refractivity contribution in [3.8, 4) is 0 Å². The lowest BCUT2D eigenvalue weighted by molar-refractivity contribution is -0.144. The fraction of sp³-hybridized carbons (Fsp3) is 0.408. The maximum atomic E-state index is 11.9. The molecule has 28 heteroatoms. The first-order valence-corrected chi connectivity index (χ1v) is 39.4. The fourth-order valence-electron chi connectivity index (χ4n) is 10.3. The van der Waals surface area contributed by atoms with Crippen LogP contribution < -0.4 is 53.2 Å². The van der Waals surface area contributed by atoms with Gasteiger partial charge in [-0.3, -0.25) is 19.2 Å². The lowest BCUT2D eigenvalue weighted by Crippen LogP contribution is -2.46. The second-order valence-electron chi connectivity index (χ2n) is 25.8. The van der Waals surface area contributed by atoms with E-state index >= 15 is 0 Å². The van der Waals surface area contributed by atoms with Gasteiger partial charge < -0.3 is 63.4 Å². The summed E-state index contributed by atoms with van der Waals surface area (Å²) in [5, 5.41) is 45.2. The smallest absolute Gasteiger partial charge is 0.319 e. The van der Waals surface area contributed by atoms with Gasteiger partial charge in [0.05, 0.1) is 17.1 Å². The Morgan fingerprint density at radius 2 is 0.837 bits per heavy atom. The van der Waals surface area contributed by atoms with Crippen molar-refractivity contribution in [2.45, 2.75) is 131 Å². The Bertz CT molecular complexity index is 3750. The molecule has 0 radical (unpaired) electrons. The molecule has 0 bridgehead atoms. The minimum Gasteiger partial charge on any atom is -0.481 e. The van der Waals surface area contributed by atoms with Crippen LogP contribution in [-0.4, -0.2) is 116 Å². The van der Waals surface area contributed by atoms with E-state index in [4.69, 9.17) is 5.11 Å². The molecule has 6 aromatic carbocycles. The zero-order valence-corrected chi connectivity index (χ0v) is 67.4. The van der Waals surface area contributed by atoms with Crippen molar-refractivity contribution in [2.24, 2.45) is 35.5 Å². The number of nitrogens with one attached hydrogen (secondary N) is 10. The Morgan fingerprint density at radius 1 is 0.471 bits per heavy atom. The quantitative estimate of drug-likeness (QED) is 0.0218. The van der Waals surface area contributed by atoms with Crippen molar-refractivity contribution < 1.29 is 61.8 Å². The van der Waals surface area contributed by atoms with Crippen LogP contribution in [0.25, 0.3) is 0 Å². The fourth-order valence-corrected chi connectivity index (χ4v) is 12.7. The van der Waals surface area contributed by atoms with Gasteiger partial charge in [-0.25, -0.2) is 32.4 Å². The minimum absolute atomic E-state index is 0.0621. The van der Waals surface area contributed by atoms with Gasteiger partial charge in [-0.05, 0) is 192 Å². The maximum absolute atomic E-state index is 11.9. The molecule has 0 saturated heterocycles. The Labute approximate surface area is 645 Å². The number of aryl methyl sites for hydroxylation is 1. The lowest BCUT2D eigenvalue weighted by Gasteiger charge is -2.29. The number of anilines is 5. The Morgan fingerprint density at radius 3 is 1.20 bits per heavy atom. The number of carboxylic acid groups (broad SMARTS) is 2. The number of sulfone groups is 1. The molecular formula is C76H100Br4N10O13S. The lowest BCUT2D eigenvalue weighted by atomic mass is 9.84. The average molecular weight is 1710 g/mol. The van der Waals surface area contributed by atoms with Crippen molar-refractivity contribution in [3.63, 3.8) is 0 Å². The molecule has 7 rings (SSSR count). The van der Waals surface area contributed by atoms with E-state index < -0.39 is 44.9 Å². The number of halogens is 4. The molecule has 104 heavy (non-hydrogen) atoms. The summed E-state index contributed by atoms with van der Waals surface area (Å²) in [6.07, 6.45) is 8.37. The molecule has 566 valence electrons. The third-order valence-electron chi connectivity index (χ3n) is 16.0. The minimum atomic E-state index is -3.10. The van der Waals surface area contributed by atoms with Gasteiger partial charge in [-0.15, -0.1) is 0 Å². The number of hydrogen-bond acceptors (Lipinski definition) is 11. The molecule has 1 fully saturated rings. The highest BCUT2D eigenvalue weighted by atomic mass is 79.9. The second-order valence-corrected chi connectivity index (χ2v) is 31.8. The highest BCUT2D eigenvalue weighted by molar-refractivity contribution is 9.11. The molecule has 1 aliphatic carbocycles. The van der Waals surface area contributed by atoms with Crippen molar-refractivity contribution in [2.75, 3.05) is 59.0 Å². The number of carbonyl (C=O) groups is 9. The highest BCUT2D eigenvalue weighted by Crippen LogP contribution is 2.26. The molecule has 0 heterocycles. The molecule has 12 N–H and O–H groups in total. The van der Waals surface area contributed by atoms with Gasteiger partial charge in [0.15, 0.2) is 0 Å². The van der Waals surface area contributed by atoms with Crippen LogP contribution in [0.1, 0.15) is 117 Å². The number of carbonyl (C=O) groups excluding carboxylic acids is 7. The number of urea groups is 5. The average Bonchev–Trinajstić information content (AvgIpc) is 0.859. The van der Waals surface area contributed by atoms with Gasteiger partial charge in [0.2, 0.25) is 0 Å². The molecule has 10 amide bonds. The van der Waals surface area contributed by atoms with Crippen molar-refractivity contribution in [3.05, 3.63) is 181 Å². The van der Waals surface area contributed by atoms with E-state index in [2.05, 4.69) is 131 Å². The molecule has 23 nitrogen and oxygen atoms in total. The Kier molecular flexibility index (Phi) is 42.2. The van der Waals surface area contributed by atoms with Gasteiger partial charge >= 0.3 is 42.1 Å². The van der Waals surface area contributed by atoms with Gasteiger partial charge in [0.1, 0.15) is 21.4 Å². The van der Waals surface area contributed by atoms with Crippen molar-refractivity contribution in [1.82, 2.24) is 26.6 Å². The van der Waals surface area contributed by atoms with E-state index in [9.17, 15) is 56.7 Å². The summed E-state index contributed by atoms with van der Waals surface area (Å²) >= 11 is 13.3. The number of hydrogen-bond donors (Lipinski definition) is 12. The monoisotopic (exact) mass is 1710 g/mol. The van der Waals surface area contributed by atoms with Crippen LogP contribution in [0, 0.1) is 42.4 Å². The highest BCUT2D eigenvalue weighted by Gasteiger charge is 2.32. The van der Waals surface area contributed by atoms with Crippen LogP contribution in [0.5, 0.6) is 0 Å². The number of ketones is 2. The van der Waals surface area contributed by atoms with Crippen LogP contribution >= 0.6 is 63.7 Å². The van der Waals surface area contributed by atoms with Crippen LogP contribution in [0.4, 0.5) is 52.4 Å². The topological polar surface area (TPSA) is 349 Å². The molecule has 0 aromatic heterocycles. The van der Waals surface area contributed by atoms with E-state index in [-0.39, 0.29) is 60.1 Å². The van der Waals surface area contributed by atoms with Crippen molar-refractivity contribution in [1.29, 1.82) is 0 Å². The van der Waals surface area contributed by atoms with E-state index in [0.717, 1.165) is 72.5 Å². The molecule has 0 spiro atoms. The Balaban J connectivity index is 0.000000338. The third kappa shape index (κ3) is 39.6. The number of benzene rings is 6. The van der Waals surface area contributed by atoms with Crippen LogP contribution in [0.15, 0.2) is 170 Å². The van der Waals surface area contributed by atoms with Gasteiger partial charge in [-0.2, -0.15) is 0 Å². The van der Waals surface area contributed by atoms with Crippen LogP contribution in [-0.2, 0) is 35.4 Å². The van der Waals surface area contributed by atoms with Crippen LogP contribution in [0.2, 0.25) is 0 Å². The first-order chi connectivity index (χ1) is 49.2. The first-order valence-electron chi connectivity index (χ1n) is 34.2. The Hall–Kier alpha value is -8.18.